The van der Waals surface area contributed by atoms with Crippen molar-refractivity contribution < 1.29 is 9.00 Å². The molecule has 6 nitrogen and oxygen atoms in total. The molecule has 19 heavy (non-hydrogen) atoms. The van der Waals surface area contributed by atoms with Crippen LogP contribution in [0.4, 0.5) is 5.69 Å². The number of aryl methyl sites for hydroxylation is 1. The predicted octanol–water partition coefficient (Wildman–Crippen LogP) is 0.831. The van der Waals surface area contributed by atoms with Crippen molar-refractivity contribution in [2.45, 2.75) is 38.4 Å². The summed E-state index contributed by atoms with van der Waals surface area (Å²) in [5.41, 5.74) is 7.34. The third kappa shape index (κ3) is 4.34. The van der Waals surface area contributed by atoms with Gasteiger partial charge in [-0.1, -0.05) is 20.3 Å². The van der Waals surface area contributed by atoms with Gasteiger partial charge in [-0.15, -0.1) is 0 Å². The minimum Gasteiger partial charge on any atom is -0.395 e. The first kappa shape index (κ1) is 15.7. The zero-order valence-corrected chi connectivity index (χ0v) is 12.5. The number of carbonyl (C=O) groups excluding carboxylic acids is 1. The second kappa shape index (κ2) is 7.28. The number of nitrogen functional groups attached to an aromatic ring is 1. The van der Waals surface area contributed by atoms with Crippen LogP contribution in [-0.2, 0) is 17.2 Å². The molecule has 4 N–H and O–H groups in total. The van der Waals surface area contributed by atoms with Gasteiger partial charge in [0.25, 0.3) is 5.91 Å². The lowest BCUT2D eigenvalue weighted by Gasteiger charge is -2.08. The highest BCUT2D eigenvalue weighted by Gasteiger charge is 2.16. The number of H-pyrrole nitrogens is 1. The number of rotatable bonds is 7. The first-order valence-corrected chi connectivity index (χ1v) is 8.02. The van der Waals surface area contributed by atoms with E-state index in [2.05, 4.69) is 15.5 Å². The van der Waals surface area contributed by atoms with E-state index in [1.54, 1.807) is 6.26 Å². The van der Waals surface area contributed by atoms with Crippen LogP contribution in [0.5, 0.6) is 0 Å². The zero-order chi connectivity index (χ0) is 14.4. The molecule has 0 aromatic carbocycles. The predicted molar refractivity (Wildman–Crippen MR) is 77.5 cm³/mol. The largest absolute Gasteiger partial charge is 0.395 e. The van der Waals surface area contributed by atoms with Crippen LogP contribution in [0, 0.1) is 0 Å². The number of carbonyl (C=O) groups is 1. The Morgan fingerprint density at radius 3 is 2.84 bits per heavy atom. The highest BCUT2D eigenvalue weighted by molar-refractivity contribution is 7.84. The first-order valence-electron chi connectivity index (χ1n) is 6.40. The Hall–Kier alpha value is -1.37. The number of amides is 1. The van der Waals surface area contributed by atoms with Crippen LogP contribution < -0.4 is 11.1 Å². The third-order valence-corrected chi connectivity index (χ3v) is 4.37. The Balaban J connectivity index is 2.52. The summed E-state index contributed by atoms with van der Waals surface area (Å²) in [4.78, 5) is 11.9. The van der Waals surface area contributed by atoms with Crippen molar-refractivity contribution in [3.05, 3.63) is 11.4 Å². The zero-order valence-electron chi connectivity index (χ0n) is 11.7. The van der Waals surface area contributed by atoms with Crippen molar-refractivity contribution in [2.24, 2.45) is 0 Å². The molecule has 1 rings (SSSR count). The number of hydrogen-bond donors (Lipinski definition) is 3. The molecule has 1 aromatic rings. The van der Waals surface area contributed by atoms with E-state index in [1.165, 1.54) is 0 Å². The number of nitrogens with one attached hydrogen (secondary N) is 2. The van der Waals surface area contributed by atoms with E-state index < -0.39 is 10.8 Å². The van der Waals surface area contributed by atoms with Crippen LogP contribution >= 0.6 is 0 Å². The molecule has 0 saturated carbocycles. The quantitative estimate of drug-likeness (QED) is 0.691. The molecule has 1 amide bonds. The summed E-state index contributed by atoms with van der Waals surface area (Å²) in [7, 11) is -0.870. The van der Waals surface area contributed by atoms with Crippen LogP contribution in [-0.4, -0.2) is 38.4 Å². The van der Waals surface area contributed by atoms with E-state index >= 15 is 0 Å². The molecule has 108 valence electrons. The van der Waals surface area contributed by atoms with Gasteiger partial charge in [0.1, 0.15) is 0 Å². The molecule has 0 fully saturated rings. The van der Waals surface area contributed by atoms with Gasteiger partial charge in [-0.25, -0.2) is 0 Å². The molecule has 1 aromatic heterocycles. The number of aromatic nitrogens is 2. The van der Waals surface area contributed by atoms with Crippen LogP contribution in [0.25, 0.3) is 0 Å². The lowest BCUT2D eigenvalue weighted by atomic mass is 10.2. The average Bonchev–Trinajstić information content (AvgIpc) is 2.71. The molecular weight excluding hydrogens is 264 g/mol. The molecule has 1 heterocycles. The normalized spacial score (nSPS) is 14.1. The van der Waals surface area contributed by atoms with Gasteiger partial charge in [-0.05, 0) is 12.8 Å². The summed E-state index contributed by atoms with van der Waals surface area (Å²) in [6.07, 6.45) is 4.04. The Morgan fingerprint density at radius 1 is 1.58 bits per heavy atom. The Kier molecular flexibility index (Phi) is 6.01. The van der Waals surface area contributed by atoms with Crippen molar-refractivity contribution in [3.8, 4) is 0 Å². The first-order chi connectivity index (χ1) is 8.97. The molecule has 0 aliphatic carbocycles. The topological polar surface area (TPSA) is 101 Å². The van der Waals surface area contributed by atoms with Gasteiger partial charge >= 0.3 is 0 Å². The van der Waals surface area contributed by atoms with Gasteiger partial charge in [0, 0.05) is 28.9 Å². The summed E-state index contributed by atoms with van der Waals surface area (Å²) in [6.45, 7) is 4.39. The van der Waals surface area contributed by atoms with Crippen molar-refractivity contribution in [1.82, 2.24) is 15.5 Å². The van der Waals surface area contributed by atoms with Gasteiger partial charge in [0.15, 0.2) is 5.69 Å². The minimum absolute atomic E-state index is 0.0625. The maximum atomic E-state index is 11.9. The molecule has 0 spiro atoms. The van der Waals surface area contributed by atoms with Gasteiger partial charge < -0.3 is 11.1 Å². The molecular formula is C12H22N4O2S. The summed E-state index contributed by atoms with van der Waals surface area (Å²) in [6, 6.07) is 0. The van der Waals surface area contributed by atoms with E-state index in [1.807, 2.05) is 13.8 Å². The molecule has 2 atom stereocenters. The summed E-state index contributed by atoms with van der Waals surface area (Å²) >= 11 is 0. The fraction of sp³-hybridized carbons (Fsp3) is 0.667. The van der Waals surface area contributed by atoms with Crippen LogP contribution in [0.15, 0.2) is 0 Å². The van der Waals surface area contributed by atoms with Gasteiger partial charge in [-0.2, -0.15) is 5.10 Å². The number of nitrogens with zero attached hydrogens (tertiary/aromatic N) is 1. The van der Waals surface area contributed by atoms with E-state index in [4.69, 9.17) is 5.73 Å². The highest BCUT2D eigenvalue weighted by Crippen LogP contribution is 2.15. The Bertz CT molecular complexity index is 459. The molecule has 2 unspecified atom stereocenters. The van der Waals surface area contributed by atoms with Crippen LogP contribution in [0.2, 0.25) is 0 Å². The number of hydrogen-bond acceptors (Lipinski definition) is 4. The smallest absolute Gasteiger partial charge is 0.273 e. The molecule has 0 radical (unpaired) electrons. The fourth-order valence-corrected chi connectivity index (χ4v) is 2.09. The number of anilines is 1. The van der Waals surface area contributed by atoms with Crippen molar-refractivity contribution in [3.63, 3.8) is 0 Å². The average molecular weight is 286 g/mol. The van der Waals surface area contributed by atoms with Crippen molar-refractivity contribution in [1.29, 1.82) is 0 Å². The lowest BCUT2D eigenvalue weighted by Crippen LogP contribution is -2.28. The molecule has 0 saturated heterocycles. The lowest BCUT2D eigenvalue weighted by molar-refractivity contribution is 0.0949. The van der Waals surface area contributed by atoms with Crippen LogP contribution in [0.1, 0.15) is 42.9 Å². The van der Waals surface area contributed by atoms with E-state index in [0.717, 1.165) is 18.5 Å². The maximum Gasteiger partial charge on any atom is 0.273 e. The second-order valence-corrected chi connectivity index (χ2v) is 6.37. The fourth-order valence-electron chi connectivity index (χ4n) is 1.64. The van der Waals surface area contributed by atoms with E-state index in [-0.39, 0.29) is 16.9 Å². The summed E-state index contributed by atoms with van der Waals surface area (Å²) < 4.78 is 11.2. The maximum absolute atomic E-state index is 11.9. The van der Waals surface area contributed by atoms with E-state index in [9.17, 15) is 9.00 Å². The van der Waals surface area contributed by atoms with Crippen LogP contribution in [0.3, 0.4) is 0 Å². The van der Waals surface area contributed by atoms with Crippen molar-refractivity contribution >= 4 is 22.4 Å². The molecule has 0 aliphatic heterocycles. The van der Waals surface area contributed by atoms with Crippen molar-refractivity contribution in [2.75, 3.05) is 18.5 Å². The second-order valence-electron chi connectivity index (χ2n) is 4.57. The van der Waals surface area contributed by atoms with E-state index in [0.29, 0.717) is 18.7 Å². The Labute approximate surface area is 116 Å². The minimum atomic E-state index is -0.870. The van der Waals surface area contributed by atoms with Gasteiger partial charge in [0.05, 0.1) is 11.4 Å². The highest BCUT2D eigenvalue weighted by atomic mass is 32.2. The van der Waals surface area contributed by atoms with Gasteiger partial charge in [-0.3, -0.25) is 14.1 Å². The Morgan fingerprint density at radius 2 is 2.26 bits per heavy atom. The monoisotopic (exact) mass is 286 g/mol. The van der Waals surface area contributed by atoms with Gasteiger partial charge in [0.2, 0.25) is 0 Å². The number of aromatic amines is 1. The molecule has 0 aliphatic rings. The molecule has 0 bridgehead atoms. The SMILES string of the molecule is CCCc1[nH]nc(C(=O)NCCC(C)S(C)=O)c1N. The molecule has 7 heteroatoms. The standard InChI is InChI=1S/C12H22N4O2S/c1-4-5-9-10(13)11(16-15-9)12(17)14-7-6-8(2)19(3)18/h8H,4-7,13H2,1-3H3,(H,14,17)(H,15,16). The number of nitrogens with two attached hydrogens (primary N) is 1. The summed E-state index contributed by atoms with van der Waals surface area (Å²) in [5, 5.41) is 9.54. The summed E-state index contributed by atoms with van der Waals surface area (Å²) in [5.74, 6) is -0.287. The third-order valence-electron chi connectivity index (χ3n) is 3.00.